The fourth-order valence-electron chi connectivity index (χ4n) is 3.00. The monoisotopic (exact) mass is 308 g/mol. The summed E-state index contributed by atoms with van der Waals surface area (Å²) in [6.07, 6.45) is 3.96. The molecule has 1 aromatic carbocycles. The molecule has 1 unspecified atom stereocenters. The topological polar surface area (TPSA) is 43.8 Å². The van der Waals surface area contributed by atoms with Crippen molar-refractivity contribution in [2.45, 2.75) is 38.3 Å². The minimum atomic E-state index is -0.262. The van der Waals surface area contributed by atoms with Gasteiger partial charge in [-0.2, -0.15) is 0 Å². The van der Waals surface area contributed by atoms with Gasteiger partial charge < -0.3 is 10.0 Å². The molecule has 1 heterocycles. The normalized spacial score (nSPS) is 18.6. The molecule has 1 N–H and O–H groups in total. The van der Waals surface area contributed by atoms with E-state index in [2.05, 4.69) is 4.90 Å². The van der Waals surface area contributed by atoms with Crippen LogP contribution in [0.25, 0.3) is 0 Å². The third kappa shape index (κ3) is 4.78. The molecule has 122 valence electrons. The van der Waals surface area contributed by atoms with Gasteiger partial charge in [-0.05, 0) is 49.9 Å². The number of rotatable bonds is 7. The standard InChI is InChI=1S/C17H25FN2O2/c1-19(12-14-6-8-15(18)9-7-14)17(22)13-20-10-2-4-16(20)5-3-11-21/h6-9,16,21H,2-5,10-13H2,1H3. The fraction of sp³-hybridized carbons (Fsp3) is 0.588. The Morgan fingerprint density at radius 3 is 2.82 bits per heavy atom. The highest BCUT2D eigenvalue weighted by molar-refractivity contribution is 5.78. The maximum atomic E-state index is 12.9. The molecule has 0 radical (unpaired) electrons. The Kier molecular flexibility index (Phi) is 6.34. The van der Waals surface area contributed by atoms with Gasteiger partial charge in [-0.1, -0.05) is 12.1 Å². The van der Waals surface area contributed by atoms with Crippen LogP contribution in [-0.2, 0) is 11.3 Å². The van der Waals surface area contributed by atoms with Gasteiger partial charge in [-0.15, -0.1) is 0 Å². The van der Waals surface area contributed by atoms with Gasteiger partial charge in [0, 0.05) is 26.2 Å². The zero-order valence-corrected chi connectivity index (χ0v) is 13.2. The van der Waals surface area contributed by atoms with Crippen LogP contribution in [0.4, 0.5) is 4.39 Å². The van der Waals surface area contributed by atoms with Gasteiger partial charge in [0.05, 0.1) is 6.54 Å². The highest BCUT2D eigenvalue weighted by Gasteiger charge is 2.26. The predicted molar refractivity (Wildman–Crippen MR) is 83.8 cm³/mol. The first-order chi connectivity index (χ1) is 10.6. The first kappa shape index (κ1) is 16.9. The molecule has 1 saturated heterocycles. The van der Waals surface area contributed by atoms with Crippen molar-refractivity contribution in [3.63, 3.8) is 0 Å². The summed E-state index contributed by atoms with van der Waals surface area (Å²) in [5.41, 5.74) is 0.926. The first-order valence-electron chi connectivity index (χ1n) is 7.93. The van der Waals surface area contributed by atoms with Crippen molar-refractivity contribution in [1.29, 1.82) is 0 Å². The van der Waals surface area contributed by atoms with Crippen LogP contribution in [0.5, 0.6) is 0 Å². The van der Waals surface area contributed by atoms with E-state index in [1.54, 1.807) is 24.1 Å². The Bertz CT molecular complexity index is 478. The number of carbonyl (C=O) groups excluding carboxylic acids is 1. The van der Waals surface area contributed by atoms with Gasteiger partial charge in [0.2, 0.25) is 5.91 Å². The number of nitrogens with zero attached hydrogens (tertiary/aromatic N) is 2. The second-order valence-electron chi connectivity index (χ2n) is 6.01. The lowest BCUT2D eigenvalue weighted by molar-refractivity contribution is -0.131. The van der Waals surface area contributed by atoms with E-state index in [9.17, 15) is 9.18 Å². The quantitative estimate of drug-likeness (QED) is 0.838. The van der Waals surface area contributed by atoms with Gasteiger partial charge >= 0.3 is 0 Å². The Hall–Kier alpha value is -1.46. The Morgan fingerprint density at radius 2 is 2.14 bits per heavy atom. The molecular formula is C17H25FN2O2. The summed E-state index contributed by atoms with van der Waals surface area (Å²) in [5, 5.41) is 8.95. The summed E-state index contributed by atoms with van der Waals surface area (Å²) in [7, 11) is 1.78. The van der Waals surface area contributed by atoms with Crippen molar-refractivity contribution in [3.8, 4) is 0 Å². The number of hydrogen-bond donors (Lipinski definition) is 1. The van der Waals surface area contributed by atoms with E-state index in [-0.39, 0.29) is 18.3 Å². The maximum absolute atomic E-state index is 12.9. The second-order valence-corrected chi connectivity index (χ2v) is 6.01. The third-order valence-electron chi connectivity index (χ3n) is 4.29. The number of likely N-dealkylation sites (N-methyl/N-ethyl adjacent to an activating group) is 1. The largest absolute Gasteiger partial charge is 0.396 e. The predicted octanol–water partition coefficient (Wildman–Crippen LogP) is 2.02. The van der Waals surface area contributed by atoms with Gasteiger partial charge in [0.25, 0.3) is 0 Å². The molecule has 1 aliphatic heterocycles. The molecular weight excluding hydrogens is 283 g/mol. The summed E-state index contributed by atoms with van der Waals surface area (Å²) < 4.78 is 12.9. The number of halogens is 1. The van der Waals surface area contributed by atoms with Crippen molar-refractivity contribution in [1.82, 2.24) is 9.80 Å². The number of carbonyl (C=O) groups is 1. The number of aliphatic hydroxyl groups is 1. The lowest BCUT2D eigenvalue weighted by atomic mass is 10.1. The molecule has 1 amide bonds. The number of benzene rings is 1. The Balaban J connectivity index is 1.84. The van der Waals surface area contributed by atoms with E-state index < -0.39 is 0 Å². The van der Waals surface area contributed by atoms with Crippen LogP contribution in [0, 0.1) is 5.82 Å². The zero-order valence-electron chi connectivity index (χ0n) is 13.2. The Labute approximate surface area is 131 Å². The van der Waals surface area contributed by atoms with Crippen LogP contribution in [0.1, 0.15) is 31.2 Å². The minimum absolute atomic E-state index is 0.0835. The summed E-state index contributed by atoms with van der Waals surface area (Å²) in [6.45, 7) is 2.08. The highest BCUT2D eigenvalue weighted by atomic mass is 19.1. The smallest absolute Gasteiger partial charge is 0.236 e. The molecule has 1 fully saturated rings. The van der Waals surface area contributed by atoms with Crippen molar-refractivity contribution >= 4 is 5.91 Å². The zero-order chi connectivity index (χ0) is 15.9. The van der Waals surface area contributed by atoms with E-state index in [0.717, 1.165) is 37.8 Å². The number of aliphatic hydroxyl groups excluding tert-OH is 1. The molecule has 5 heteroatoms. The van der Waals surface area contributed by atoms with E-state index in [1.807, 2.05) is 0 Å². The molecule has 1 atom stereocenters. The summed E-state index contributed by atoms with van der Waals surface area (Å²) >= 11 is 0. The lowest BCUT2D eigenvalue weighted by Gasteiger charge is -2.26. The van der Waals surface area contributed by atoms with Crippen molar-refractivity contribution < 1.29 is 14.3 Å². The molecule has 1 aliphatic rings. The molecule has 22 heavy (non-hydrogen) atoms. The van der Waals surface area contributed by atoms with Crippen molar-refractivity contribution in [2.75, 3.05) is 26.7 Å². The number of hydrogen-bond acceptors (Lipinski definition) is 3. The molecule has 2 rings (SSSR count). The summed E-state index contributed by atoms with van der Waals surface area (Å²) in [5.74, 6) is -0.179. The van der Waals surface area contributed by atoms with Crippen molar-refractivity contribution in [3.05, 3.63) is 35.6 Å². The van der Waals surface area contributed by atoms with Gasteiger partial charge in [-0.25, -0.2) is 4.39 Å². The lowest BCUT2D eigenvalue weighted by Crippen LogP contribution is -2.40. The number of likely N-dealkylation sites (tertiary alicyclic amines) is 1. The average molecular weight is 308 g/mol. The van der Waals surface area contributed by atoms with Crippen LogP contribution >= 0.6 is 0 Å². The van der Waals surface area contributed by atoms with Crippen LogP contribution in [0.15, 0.2) is 24.3 Å². The number of amides is 1. The second kappa shape index (κ2) is 8.25. The summed E-state index contributed by atoms with van der Waals surface area (Å²) in [6, 6.07) is 6.66. The van der Waals surface area contributed by atoms with E-state index in [0.29, 0.717) is 19.1 Å². The molecule has 0 aromatic heterocycles. The van der Waals surface area contributed by atoms with Gasteiger partial charge in [0.15, 0.2) is 0 Å². The van der Waals surface area contributed by atoms with E-state index >= 15 is 0 Å². The molecule has 0 spiro atoms. The van der Waals surface area contributed by atoms with Gasteiger partial charge in [-0.3, -0.25) is 9.69 Å². The SMILES string of the molecule is CN(Cc1ccc(F)cc1)C(=O)CN1CCCC1CCCO. The van der Waals surface area contributed by atoms with Crippen LogP contribution in [0.2, 0.25) is 0 Å². The maximum Gasteiger partial charge on any atom is 0.236 e. The van der Waals surface area contributed by atoms with E-state index in [4.69, 9.17) is 5.11 Å². The molecule has 4 nitrogen and oxygen atoms in total. The summed E-state index contributed by atoms with van der Waals surface area (Å²) in [4.78, 5) is 16.3. The van der Waals surface area contributed by atoms with Crippen LogP contribution in [0.3, 0.4) is 0 Å². The Morgan fingerprint density at radius 1 is 1.41 bits per heavy atom. The first-order valence-corrected chi connectivity index (χ1v) is 7.93. The molecule has 1 aromatic rings. The molecule has 0 bridgehead atoms. The highest BCUT2D eigenvalue weighted by Crippen LogP contribution is 2.21. The van der Waals surface area contributed by atoms with Crippen molar-refractivity contribution in [2.24, 2.45) is 0 Å². The third-order valence-corrected chi connectivity index (χ3v) is 4.29. The minimum Gasteiger partial charge on any atom is -0.396 e. The fourth-order valence-corrected chi connectivity index (χ4v) is 3.00. The molecule has 0 saturated carbocycles. The van der Waals surface area contributed by atoms with Crippen LogP contribution < -0.4 is 0 Å². The van der Waals surface area contributed by atoms with Crippen LogP contribution in [-0.4, -0.2) is 53.6 Å². The van der Waals surface area contributed by atoms with Gasteiger partial charge in [0.1, 0.15) is 5.82 Å². The average Bonchev–Trinajstić information content (AvgIpc) is 2.94. The molecule has 0 aliphatic carbocycles. The van der Waals surface area contributed by atoms with E-state index in [1.165, 1.54) is 12.1 Å².